The molecule has 2 aromatic carbocycles. The second-order valence-corrected chi connectivity index (χ2v) is 9.04. The number of hydrogen-bond acceptors (Lipinski definition) is 4. The van der Waals surface area contributed by atoms with Crippen molar-refractivity contribution in [1.82, 2.24) is 5.32 Å². The highest BCUT2D eigenvalue weighted by Gasteiger charge is 2.26. The first-order valence-corrected chi connectivity index (χ1v) is 11.3. The minimum atomic E-state index is -0.982. The summed E-state index contributed by atoms with van der Waals surface area (Å²) in [5.41, 5.74) is 3.70. The highest BCUT2D eigenvalue weighted by atomic mass is 32.1. The van der Waals surface area contributed by atoms with Crippen LogP contribution in [-0.2, 0) is 30.6 Å². The smallest absolute Gasteiger partial charge is 0.335 e. The number of fused-ring (bicyclic) bond motifs is 1. The van der Waals surface area contributed by atoms with E-state index < -0.39 is 5.97 Å². The Morgan fingerprint density at radius 2 is 1.84 bits per heavy atom. The van der Waals surface area contributed by atoms with Crippen molar-refractivity contribution in [3.63, 3.8) is 0 Å². The molecule has 0 saturated heterocycles. The number of carboxylic acids is 1. The number of benzene rings is 2. The number of aryl methyl sites for hydroxylation is 2. The van der Waals surface area contributed by atoms with Crippen molar-refractivity contribution >= 4 is 23.2 Å². The van der Waals surface area contributed by atoms with Crippen LogP contribution >= 0.6 is 11.3 Å². The highest BCUT2D eigenvalue weighted by Crippen LogP contribution is 2.34. The maximum absolute atomic E-state index is 13.3. The highest BCUT2D eigenvalue weighted by molar-refractivity contribution is 7.12. The lowest BCUT2D eigenvalue weighted by Crippen LogP contribution is -2.28. The topological polar surface area (TPSA) is 75.6 Å². The molecular formula is C25H24FNO4S. The van der Waals surface area contributed by atoms with Crippen LogP contribution in [0.25, 0.3) is 0 Å². The third-order valence-corrected chi connectivity index (χ3v) is 7.02. The molecule has 1 aromatic heterocycles. The van der Waals surface area contributed by atoms with Crippen molar-refractivity contribution in [1.29, 1.82) is 0 Å². The van der Waals surface area contributed by atoms with E-state index in [2.05, 4.69) is 5.32 Å². The first kappa shape index (κ1) is 22.2. The van der Waals surface area contributed by atoms with E-state index >= 15 is 0 Å². The Morgan fingerprint density at radius 3 is 2.53 bits per heavy atom. The van der Waals surface area contributed by atoms with Crippen molar-refractivity contribution in [2.75, 3.05) is 6.61 Å². The van der Waals surface area contributed by atoms with Gasteiger partial charge in [0, 0.05) is 21.7 Å². The Bertz CT molecular complexity index is 1120. The Labute approximate surface area is 189 Å². The number of carbonyl (C=O) groups excluding carboxylic acids is 1. The average Bonchev–Trinajstić information content (AvgIpc) is 3.17. The van der Waals surface area contributed by atoms with Gasteiger partial charge in [0.15, 0.2) is 0 Å². The van der Waals surface area contributed by atoms with Gasteiger partial charge in [0.2, 0.25) is 0 Å². The number of carbonyl (C=O) groups is 2. The van der Waals surface area contributed by atoms with Crippen LogP contribution in [0.5, 0.6) is 0 Å². The molecule has 4 rings (SSSR count). The zero-order chi connectivity index (χ0) is 22.7. The van der Waals surface area contributed by atoms with Crippen molar-refractivity contribution < 1.29 is 23.8 Å². The monoisotopic (exact) mass is 453 g/mol. The van der Waals surface area contributed by atoms with Gasteiger partial charge in [-0.1, -0.05) is 24.3 Å². The molecule has 7 heteroatoms. The van der Waals surface area contributed by atoms with E-state index in [1.54, 1.807) is 35.6 Å². The van der Waals surface area contributed by atoms with Crippen molar-refractivity contribution in [3.05, 3.63) is 91.9 Å². The molecule has 0 radical (unpaired) electrons. The second kappa shape index (κ2) is 9.63. The van der Waals surface area contributed by atoms with Gasteiger partial charge in [0.25, 0.3) is 5.91 Å². The van der Waals surface area contributed by atoms with E-state index in [-0.39, 0.29) is 23.3 Å². The number of ether oxygens (including phenoxy) is 1. The first-order valence-electron chi connectivity index (χ1n) is 10.5. The fourth-order valence-corrected chi connectivity index (χ4v) is 5.17. The number of rotatable bonds is 7. The molecule has 2 heterocycles. The molecule has 0 bridgehead atoms. The van der Waals surface area contributed by atoms with Gasteiger partial charge in [-0.05, 0) is 55.2 Å². The summed E-state index contributed by atoms with van der Waals surface area (Å²) < 4.78 is 18.8. The minimum Gasteiger partial charge on any atom is -0.478 e. The summed E-state index contributed by atoms with van der Waals surface area (Å²) in [6.45, 7) is 2.95. The molecule has 0 unspecified atom stereocenters. The van der Waals surface area contributed by atoms with Crippen LogP contribution in [-0.4, -0.2) is 23.6 Å². The quantitative estimate of drug-likeness (QED) is 0.532. The summed E-state index contributed by atoms with van der Waals surface area (Å²) in [7, 11) is 0. The van der Waals surface area contributed by atoms with E-state index in [1.165, 1.54) is 29.1 Å². The Hall–Kier alpha value is -3.03. The van der Waals surface area contributed by atoms with E-state index in [0.717, 1.165) is 28.0 Å². The number of thiophene rings is 1. The molecule has 1 aliphatic heterocycles. The molecule has 3 aromatic rings. The summed E-state index contributed by atoms with van der Waals surface area (Å²) in [5, 5.41) is 12.1. The van der Waals surface area contributed by atoms with Crippen molar-refractivity contribution in [2.24, 2.45) is 0 Å². The van der Waals surface area contributed by atoms with Crippen LogP contribution in [0.2, 0.25) is 0 Å². The number of hydrogen-bond donors (Lipinski definition) is 2. The maximum atomic E-state index is 13.3. The molecular weight excluding hydrogens is 429 g/mol. The SMILES string of the molecule is C[C@H](NC(=O)c1c(CCc2ccc(F)cc2)sc2c1COCC2)c1ccc(C(=O)O)cc1. The van der Waals surface area contributed by atoms with E-state index in [0.29, 0.717) is 31.6 Å². The molecule has 0 spiro atoms. The molecule has 0 saturated carbocycles. The van der Waals surface area contributed by atoms with Crippen LogP contribution in [0.15, 0.2) is 48.5 Å². The van der Waals surface area contributed by atoms with E-state index in [4.69, 9.17) is 9.84 Å². The summed E-state index contributed by atoms with van der Waals surface area (Å²) in [5.74, 6) is -1.40. The van der Waals surface area contributed by atoms with Gasteiger partial charge in [-0.15, -0.1) is 11.3 Å². The first-order chi connectivity index (χ1) is 15.4. The average molecular weight is 454 g/mol. The predicted octanol–water partition coefficient (Wildman–Crippen LogP) is 4.93. The molecule has 1 amide bonds. The van der Waals surface area contributed by atoms with Crippen LogP contribution < -0.4 is 5.32 Å². The molecule has 5 nitrogen and oxygen atoms in total. The number of amides is 1. The molecule has 1 aliphatic rings. The zero-order valence-electron chi connectivity index (χ0n) is 17.7. The van der Waals surface area contributed by atoms with Crippen LogP contribution in [0.4, 0.5) is 4.39 Å². The molecule has 2 N–H and O–H groups in total. The van der Waals surface area contributed by atoms with Gasteiger partial charge >= 0.3 is 5.97 Å². The fraction of sp³-hybridized carbons (Fsp3) is 0.280. The van der Waals surface area contributed by atoms with Crippen molar-refractivity contribution in [3.8, 4) is 0 Å². The van der Waals surface area contributed by atoms with Crippen LogP contribution in [0, 0.1) is 5.82 Å². The Balaban J connectivity index is 1.54. The van der Waals surface area contributed by atoms with Gasteiger partial charge < -0.3 is 15.2 Å². The van der Waals surface area contributed by atoms with Gasteiger partial charge in [0.05, 0.1) is 30.4 Å². The fourth-order valence-electron chi connectivity index (χ4n) is 3.88. The van der Waals surface area contributed by atoms with Gasteiger partial charge in [-0.25, -0.2) is 9.18 Å². The van der Waals surface area contributed by atoms with Crippen molar-refractivity contribution in [2.45, 2.75) is 38.8 Å². The number of halogens is 1. The summed E-state index contributed by atoms with van der Waals surface area (Å²) in [4.78, 5) is 26.6. The number of nitrogens with one attached hydrogen (secondary N) is 1. The summed E-state index contributed by atoms with van der Waals surface area (Å²) in [6, 6.07) is 12.7. The third kappa shape index (κ3) is 4.89. The largest absolute Gasteiger partial charge is 0.478 e. The lowest BCUT2D eigenvalue weighted by atomic mass is 10.0. The second-order valence-electron chi connectivity index (χ2n) is 7.85. The predicted molar refractivity (Wildman–Crippen MR) is 121 cm³/mol. The van der Waals surface area contributed by atoms with E-state index in [1.807, 2.05) is 6.92 Å². The molecule has 0 aliphatic carbocycles. The number of carboxylic acid groups (broad SMARTS) is 1. The lowest BCUT2D eigenvalue weighted by Gasteiger charge is -2.17. The van der Waals surface area contributed by atoms with Gasteiger partial charge in [-0.2, -0.15) is 0 Å². The summed E-state index contributed by atoms with van der Waals surface area (Å²) >= 11 is 1.66. The molecule has 166 valence electrons. The third-order valence-electron chi connectivity index (χ3n) is 5.67. The Morgan fingerprint density at radius 1 is 1.12 bits per heavy atom. The molecule has 1 atom stereocenters. The van der Waals surface area contributed by atoms with Gasteiger partial charge in [-0.3, -0.25) is 4.79 Å². The maximum Gasteiger partial charge on any atom is 0.335 e. The number of aromatic carboxylic acids is 1. The van der Waals surface area contributed by atoms with Gasteiger partial charge in [0.1, 0.15) is 5.82 Å². The zero-order valence-corrected chi connectivity index (χ0v) is 18.5. The molecule has 32 heavy (non-hydrogen) atoms. The summed E-state index contributed by atoms with van der Waals surface area (Å²) in [6.07, 6.45) is 2.20. The molecule has 0 fully saturated rings. The van der Waals surface area contributed by atoms with Crippen LogP contribution in [0.3, 0.4) is 0 Å². The minimum absolute atomic E-state index is 0.156. The lowest BCUT2D eigenvalue weighted by molar-refractivity contribution is 0.0696. The Kier molecular flexibility index (Phi) is 6.67. The van der Waals surface area contributed by atoms with Crippen LogP contribution in [0.1, 0.15) is 60.1 Å². The van der Waals surface area contributed by atoms with E-state index in [9.17, 15) is 14.0 Å². The standard InChI is InChI=1S/C25H24FNO4S/c1-15(17-5-7-18(8-6-17)25(29)30)27-24(28)23-20-14-31-13-12-21(20)32-22(23)11-4-16-2-9-19(26)10-3-16/h2-3,5-10,15H,4,11-14H2,1H3,(H,27,28)(H,29,30)/t15-/m0/s1. The normalized spacial score (nSPS) is 13.9.